The molecule has 0 saturated carbocycles. The van der Waals surface area contributed by atoms with Gasteiger partial charge in [0, 0.05) is 29.1 Å². The molecule has 2 aromatic carbocycles. The number of fused-ring (bicyclic) bond motifs is 1. The normalized spacial score (nSPS) is 15.4. The maximum atomic E-state index is 13.7. The Labute approximate surface area is 235 Å². The van der Waals surface area contributed by atoms with Crippen molar-refractivity contribution in [2.24, 2.45) is 0 Å². The van der Waals surface area contributed by atoms with Crippen LogP contribution < -0.4 is 10.2 Å². The molecule has 10 heteroatoms. The minimum Gasteiger partial charge on any atom is -0.353 e. The Hall–Kier alpha value is -3.11. The summed E-state index contributed by atoms with van der Waals surface area (Å²) in [5.41, 5.74) is 3.24. The smallest absolute Gasteiger partial charge is 0.240 e. The lowest BCUT2D eigenvalue weighted by Crippen LogP contribution is -2.43. The van der Waals surface area contributed by atoms with Crippen LogP contribution in [0.25, 0.3) is 16.9 Å². The van der Waals surface area contributed by atoms with Gasteiger partial charge in [-0.15, -0.1) is 23.1 Å². The number of thioether (sulfide) groups is 1. The average Bonchev–Trinajstić information content (AvgIpc) is 3.55. The molecule has 7 nitrogen and oxygen atoms in total. The number of amides is 2. The standard InChI is InChI=1S/C28H28ClN5O2S2/c1-32(2)15-14-30-23(35)17-33-24(36)18-38-27(22-13-8-16-37-22)25-26(19-9-4-3-5-10-19)31-34(28(25)33)21-12-7-6-11-20(21)29/h3-13,16,27H,14-15,17-18H2,1-2H3,(H,30,35). The first-order chi connectivity index (χ1) is 18.4. The summed E-state index contributed by atoms with van der Waals surface area (Å²) in [5, 5.41) is 10.4. The fourth-order valence-electron chi connectivity index (χ4n) is 4.40. The van der Waals surface area contributed by atoms with Gasteiger partial charge in [-0.1, -0.05) is 60.1 Å². The molecule has 1 unspecified atom stereocenters. The summed E-state index contributed by atoms with van der Waals surface area (Å²) in [6.45, 7) is 1.09. The van der Waals surface area contributed by atoms with Crippen molar-refractivity contribution in [1.82, 2.24) is 20.0 Å². The Morgan fingerprint density at radius 1 is 1.11 bits per heavy atom. The second kappa shape index (κ2) is 11.7. The summed E-state index contributed by atoms with van der Waals surface area (Å²) in [5.74, 6) is 0.441. The molecule has 4 aromatic rings. The summed E-state index contributed by atoms with van der Waals surface area (Å²) in [4.78, 5) is 31.4. The molecule has 2 amide bonds. The molecular formula is C28H28ClN5O2S2. The third kappa shape index (κ3) is 5.51. The number of halogens is 1. The van der Waals surface area contributed by atoms with Crippen molar-refractivity contribution in [2.45, 2.75) is 5.25 Å². The minimum atomic E-state index is -0.223. The number of para-hydroxylation sites is 1. The molecular weight excluding hydrogens is 538 g/mol. The number of likely N-dealkylation sites (N-methyl/N-ethyl adjacent to an activating group) is 1. The lowest BCUT2D eigenvalue weighted by atomic mass is 10.0. The number of thiophene rings is 1. The Bertz CT molecular complexity index is 1420. The Balaban J connectivity index is 1.71. The van der Waals surface area contributed by atoms with Crippen LogP contribution in [0.4, 0.5) is 5.82 Å². The highest BCUT2D eigenvalue weighted by Gasteiger charge is 2.38. The number of hydrogen-bond donors (Lipinski definition) is 1. The van der Waals surface area contributed by atoms with Crippen LogP contribution in [-0.4, -0.2) is 66.0 Å². The topological polar surface area (TPSA) is 70.5 Å². The van der Waals surface area contributed by atoms with E-state index in [1.807, 2.05) is 79.0 Å². The van der Waals surface area contributed by atoms with Gasteiger partial charge in [-0.3, -0.25) is 14.5 Å². The fraction of sp³-hybridized carbons (Fsp3) is 0.250. The van der Waals surface area contributed by atoms with Gasteiger partial charge in [0.05, 0.1) is 27.4 Å². The lowest BCUT2D eigenvalue weighted by Gasteiger charge is -2.23. The molecule has 0 bridgehead atoms. The van der Waals surface area contributed by atoms with Crippen LogP contribution in [-0.2, 0) is 9.59 Å². The van der Waals surface area contributed by atoms with Crippen molar-refractivity contribution in [3.63, 3.8) is 0 Å². The van der Waals surface area contributed by atoms with Gasteiger partial charge in [0.2, 0.25) is 11.8 Å². The molecule has 3 heterocycles. The summed E-state index contributed by atoms with van der Waals surface area (Å²) in [6.07, 6.45) is 0. The van der Waals surface area contributed by atoms with Crippen LogP contribution in [0.3, 0.4) is 0 Å². The number of nitrogens with one attached hydrogen (secondary N) is 1. The summed E-state index contributed by atoms with van der Waals surface area (Å²) in [6, 6.07) is 21.5. The molecule has 0 saturated heterocycles. The average molecular weight is 566 g/mol. The van der Waals surface area contributed by atoms with Gasteiger partial charge in [0.15, 0.2) is 0 Å². The van der Waals surface area contributed by atoms with Crippen LogP contribution in [0.5, 0.6) is 0 Å². The zero-order valence-electron chi connectivity index (χ0n) is 21.1. The number of carbonyl (C=O) groups is 2. The highest BCUT2D eigenvalue weighted by atomic mass is 35.5. The van der Waals surface area contributed by atoms with E-state index in [1.54, 1.807) is 38.7 Å². The third-order valence-corrected chi connectivity index (χ3v) is 8.84. The maximum absolute atomic E-state index is 13.7. The summed E-state index contributed by atoms with van der Waals surface area (Å²) in [7, 11) is 3.90. The predicted molar refractivity (Wildman–Crippen MR) is 157 cm³/mol. The molecule has 0 radical (unpaired) electrons. The van der Waals surface area contributed by atoms with Crippen molar-refractivity contribution in [2.75, 3.05) is 44.4 Å². The van der Waals surface area contributed by atoms with Crippen molar-refractivity contribution < 1.29 is 9.59 Å². The number of hydrogen-bond acceptors (Lipinski definition) is 6. The van der Waals surface area contributed by atoms with Crippen molar-refractivity contribution in [3.8, 4) is 16.9 Å². The van der Waals surface area contributed by atoms with E-state index >= 15 is 0 Å². The highest BCUT2D eigenvalue weighted by molar-refractivity contribution is 8.00. The molecule has 1 N–H and O–H groups in total. The first-order valence-electron chi connectivity index (χ1n) is 12.2. The van der Waals surface area contributed by atoms with Crippen molar-refractivity contribution >= 4 is 52.3 Å². The Morgan fingerprint density at radius 2 is 1.87 bits per heavy atom. The van der Waals surface area contributed by atoms with Gasteiger partial charge in [-0.25, -0.2) is 4.68 Å². The van der Waals surface area contributed by atoms with Crippen molar-refractivity contribution in [1.29, 1.82) is 0 Å². The minimum absolute atomic E-state index is 0.110. The molecule has 0 fully saturated rings. The number of rotatable bonds is 8. The number of aromatic nitrogens is 2. The molecule has 1 aliphatic heterocycles. The monoisotopic (exact) mass is 565 g/mol. The molecule has 38 heavy (non-hydrogen) atoms. The lowest BCUT2D eigenvalue weighted by molar-refractivity contribution is -0.122. The second-order valence-electron chi connectivity index (χ2n) is 9.15. The number of nitrogens with zero attached hydrogens (tertiary/aromatic N) is 4. The van der Waals surface area contributed by atoms with E-state index in [9.17, 15) is 9.59 Å². The largest absolute Gasteiger partial charge is 0.353 e. The van der Waals surface area contributed by atoms with E-state index in [1.165, 1.54) is 0 Å². The van der Waals surface area contributed by atoms with E-state index in [0.29, 0.717) is 29.6 Å². The quantitative estimate of drug-likeness (QED) is 0.322. The Kier molecular flexibility index (Phi) is 8.18. The van der Waals surface area contributed by atoms with E-state index < -0.39 is 0 Å². The molecule has 1 atom stereocenters. The number of carbonyl (C=O) groups excluding carboxylic acids is 2. The highest BCUT2D eigenvalue weighted by Crippen LogP contribution is 2.49. The zero-order valence-corrected chi connectivity index (χ0v) is 23.5. The number of benzene rings is 2. The van der Waals surface area contributed by atoms with E-state index in [2.05, 4.69) is 11.4 Å². The van der Waals surface area contributed by atoms with Crippen LogP contribution in [0, 0.1) is 0 Å². The van der Waals surface area contributed by atoms with Gasteiger partial charge in [0.25, 0.3) is 0 Å². The van der Waals surface area contributed by atoms with Gasteiger partial charge < -0.3 is 10.2 Å². The van der Waals surface area contributed by atoms with Crippen LogP contribution in [0.2, 0.25) is 5.02 Å². The van der Waals surface area contributed by atoms with E-state index in [-0.39, 0.29) is 29.4 Å². The summed E-state index contributed by atoms with van der Waals surface area (Å²) >= 11 is 9.88. The van der Waals surface area contributed by atoms with E-state index in [0.717, 1.165) is 21.7 Å². The van der Waals surface area contributed by atoms with Crippen molar-refractivity contribution in [3.05, 3.63) is 87.6 Å². The van der Waals surface area contributed by atoms with Gasteiger partial charge in [0.1, 0.15) is 12.4 Å². The Morgan fingerprint density at radius 3 is 2.58 bits per heavy atom. The first-order valence-corrected chi connectivity index (χ1v) is 14.5. The molecule has 2 aromatic heterocycles. The van der Waals surface area contributed by atoms with E-state index in [4.69, 9.17) is 16.7 Å². The first kappa shape index (κ1) is 26.5. The molecule has 0 aliphatic carbocycles. The van der Waals surface area contributed by atoms with Gasteiger partial charge >= 0.3 is 0 Å². The number of anilines is 1. The second-order valence-corrected chi connectivity index (χ2v) is 11.6. The van der Waals surface area contributed by atoms with Crippen LogP contribution in [0.1, 0.15) is 15.7 Å². The molecule has 0 spiro atoms. The fourth-order valence-corrected chi connectivity index (χ4v) is 6.79. The maximum Gasteiger partial charge on any atom is 0.240 e. The molecule has 1 aliphatic rings. The van der Waals surface area contributed by atoms with Crippen LogP contribution >= 0.6 is 34.7 Å². The molecule has 5 rings (SSSR count). The molecule has 196 valence electrons. The van der Waals surface area contributed by atoms with Gasteiger partial charge in [-0.2, -0.15) is 5.10 Å². The zero-order chi connectivity index (χ0) is 26.6. The third-order valence-electron chi connectivity index (χ3n) is 6.20. The summed E-state index contributed by atoms with van der Waals surface area (Å²) < 4.78 is 1.73. The van der Waals surface area contributed by atoms with Gasteiger partial charge in [-0.05, 0) is 37.7 Å². The van der Waals surface area contributed by atoms with Crippen LogP contribution in [0.15, 0.2) is 72.1 Å². The SMILES string of the molecule is CN(C)CCNC(=O)CN1C(=O)CSC(c2cccs2)c2c(-c3ccccc3)nn(-c3ccccc3Cl)c21. The predicted octanol–water partition coefficient (Wildman–Crippen LogP) is 5.10.